The number of hydrogen-bond acceptors (Lipinski definition) is 4. The fourth-order valence-corrected chi connectivity index (χ4v) is 3.52. The van der Waals surface area contributed by atoms with Crippen LogP contribution in [0.5, 0.6) is 0 Å². The van der Waals surface area contributed by atoms with Crippen LogP contribution in [0.4, 0.5) is 10.6 Å². The number of carbonyl (C=O) groups excluding carboxylic acids is 2. The van der Waals surface area contributed by atoms with Gasteiger partial charge < -0.3 is 9.64 Å². The number of hydrogen-bond donors (Lipinski definition) is 1. The molecule has 6 heteroatoms. The minimum atomic E-state index is -0.591. The summed E-state index contributed by atoms with van der Waals surface area (Å²) in [4.78, 5) is 30.5. The number of pyridine rings is 1. The number of amides is 2. The van der Waals surface area contributed by atoms with Crippen molar-refractivity contribution in [2.45, 2.75) is 25.4 Å². The number of esters is 1. The summed E-state index contributed by atoms with van der Waals surface area (Å²) in [5, 5.41) is 2.81. The van der Waals surface area contributed by atoms with Crippen LogP contribution in [0.15, 0.2) is 42.6 Å². The predicted octanol–water partition coefficient (Wildman–Crippen LogP) is 3.08. The van der Waals surface area contributed by atoms with Crippen molar-refractivity contribution in [1.82, 2.24) is 9.88 Å². The van der Waals surface area contributed by atoms with Crippen LogP contribution in [0, 0.1) is 6.92 Å². The lowest BCUT2D eigenvalue weighted by atomic mass is 9.84. The lowest BCUT2D eigenvalue weighted by molar-refractivity contribution is -0.0363. The molecule has 0 aliphatic carbocycles. The van der Waals surface area contributed by atoms with Crippen LogP contribution in [0.1, 0.15) is 34.3 Å². The number of rotatable bonds is 1. The summed E-state index contributed by atoms with van der Waals surface area (Å²) in [5.74, 6) is 0.269. The summed E-state index contributed by atoms with van der Waals surface area (Å²) in [7, 11) is 0. The first-order chi connectivity index (χ1) is 12.1. The summed E-state index contributed by atoms with van der Waals surface area (Å²) >= 11 is 0. The molecule has 2 amide bonds. The third-order valence-corrected chi connectivity index (χ3v) is 4.93. The van der Waals surface area contributed by atoms with Crippen LogP contribution in [0.3, 0.4) is 0 Å². The molecule has 0 unspecified atom stereocenters. The van der Waals surface area contributed by atoms with Gasteiger partial charge in [-0.05, 0) is 24.6 Å². The summed E-state index contributed by atoms with van der Waals surface area (Å²) < 4.78 is 5.71. The second kappa shape index (κ2) is 5.88. The normalized spacial score (nSPS) is 18.0. The summed E-state index contributed by atoms with van der Waals surface area (Å²) in [6, 6.07) is 11.0. The van der Waals surface area contributed by atoms with Gasteiger partial charge in [0.15, 0.2) is 0 Å². The number of fused-ring (bicyclic) bond motifs is 2. The van der Waals surface area contributed by atoms with Crippen molar-refractivity contribution in [3.05, 3.63) is 59.3 Å². The Labute approximate surface area is 145 Å². The minimum absolute atomic E-state index is 0.177. The number of urea groups is 1. The molecule has 1 N–H and O–H groups in total. The van der Waals surface area contributed by atoms with Crippen LogP contribution < -0.4 is 5.32 Å². The number of nitrogens with zero attached hydrogens (tertiary/aromatic N) is 2. The van der Waals surface area contributed by atoms with Gasteiger partial charge in [-0.1, -0.05) is 24.3 Å². The molecule has 0 bridgehead atoms. The summed E-state index contributed by atoms with van der Waals surface area (Å²) in [5.41, 5.74) is 2.04. The molecule has 1 fully saturated rings. The molecular weight excluding hydrogens is 318 g/mol. The zero-order valence-corrected chi connectivity index (χ0v) is 14.0. The molecule has 6 nitrogen and oxygen atoms in total. The van der Waals surface area contributed by atoms with Crippen LogP contribution in [-0.2, 0) is 10.3 Å². The van der Waals surface area contributed by atoms with E-state index in [1.54, 1.807) is 23.2 Å². The molecule has 1 aromatic carbocycles. The smallest absolute Gasteiger partial charge is 0.339 e. The van der Waals surface area contributed by atoms with E-state index in [2.05, 4.69) is 10.3 Å². The van der Waals surface area contributed by atoms with Gasteiger partial charge in [-0.3, -0.25) is 5.32 Å². The molecule has 25 heavy (non-hydrogen) atoms. The monoisotopic (exact) mass is 337 g/mol. The van der Waals surface area contributed by atoms with Crippen LogP contribution in [-0.4, -0.2) is 35.0 Å². The highest BCUT2D eigenvalue weighted by Crippen LogP contribution is 2.43. The lowest BCUT2D eigenvalue weighted by Crippen LogP contribution is -2.46. The molecule has 0 radical (unpaired) electrons. The van der Waals surface area contributed by atoms with E-state index in [1.165, 1.54) is 0 Å². The van der Waals surface area contributed by atoms with Gasteiger partial charge in [0.05, 0.1) is 5.56 Å². The first-order valence-corrected chi connectivity index (χ1v) is 8.39. The van der Waals surface area contributed by atoms with Crippen molar-refractivity contribution in [3.8, 4) is 0 Å². The van der Waals surface area contributed by atoms with Crippen molar-refractivity contribution < 1.29 is 14.3 Å². The van der Waals surface area contributed by atoms with Gasteiger partial charge in [0.25, 0.3) is 0 Å². The fourth-order valence-electron chi connectivity index (χ4n) is 3.52. The molecule has 3 heterocycles. The van der Waals surface area contributed by atoms with E-state index in [0.29, 0.717) is 37.3 Å². The Hall–Kier alpha value is -2.89. The van der Waals surface area contributed by atoms with Gasteiger partial charge >= 0.3 is 12.0 Å². The SMILES string of the molecule is Cc1ccc(NC(=O)N2CCC3(CC2)OC(=O)c2ccccc23)nc1. The highest BCUT2D eigenvalue weighted by atomic mass is 16.6. The molecule has 1 spiro atoms. The molecule has 0 atom stereocenters. The van der Waals surface area contributed by atoms with E-state index in [9.17, 15) is 9.59 Å². The highest BCUT2D eigenvalue weighted by molar-refractivity contribution is 5.95. The maximum Gasteiger partial charge on any atom is 0.339 e. The Morgan fingerprint density at radius 2 is 1.96 bits per heavy atom. The number of piperidine rings is 1. The minimum Gasteiger partial charge on any atom is -0.450 e. The number of aryl methyl sites for hydroxylation is 1. The number of likely N-dealkylation sites (tertiary alicyclic amines) is 1. The Kier molecular flexibility index (Phi) is 3.67. The average Bonchev–Trinajstić information content (AvgIpc) is 2.90. The topological polar surface area (TPSA) is 71.5 Å². The van der Waals surface area contributed by atoms with Gasteiger partial charge in [-0.2, -0.15) is 0 Å². The number of carbonyl (C=O) groups is 2. The van der Waals surface area contributed by atoms with Crippen LogP contribution in [0.25, 0.3) is 0 Å². The molecule has 2 aromatic rings. The van der Waals surface area contributed by atoms with Crippen molar-refractivity contribution in [2.24, 2.45) is 0 Å². The zero-order valence-electron chi connectivity index (χ0n) is 14.0. The van der Waals surface area contributed by atoms with Gasteiger partial charge in [0, 0.05) is 37.7 Å². The van der Waals surface area contributed by atoms with Crippen molar-refractivity contribution in [1.29, 1.82) is 0 Å². The first kappa shape index (κ1) is 15.6. The Bertz CT molecular complexity index is 824. The second-order valence-corrected chi connectivity index (χ2v) is 6.57. The van der Waals surface area contributed by atoms with Crippen LogP contribution in [0.2, 0.25) is 0 Å². The lowest BCUT2D eigenvalue weighted by Gasteiger charge is -2.38. The standard InChI is InChI=1S/C19H19N3O3/c1-13-6-7-16(20-12-13)21-18(24)22-10-8-19(9-11-22)15-5-3-2-4-14(15)17(23)25-19/h2-7,12H,8-11H2,1H3,(H,20,21,24). The number of aromatic nitrogens is 1. The summed E-state index contributed by atoms with van der Waals surface area (Å²) in [6.45, 7) is 3.00. The Balaban J connectivity index is 1.44. The maximum atomic E-state index is 12.4. The Morgan fingerprint density at radius 1 is 1.20 bits per heavy atom. The van der Waals surface area contributed by atoms with Gasteiger partial charge in [-0.25, -0.2) is 14.6 Å². The van der Waals surface area contributed by atoms with Crippen molar-refractivity contribution in [2.75, 3.05) is 18.4 Å². The molecule has 0 saturated carbocycles. The highest BCUT2D eigenvalue weighted by Gasteiger charge is 2.47. The quantitative estimate of drug-likeness (QED) is 0.812. The van der Waals surface area contributed by atoms with Gasteiger partial charge in [-0.15, -0.1) is 0 Å². The van der Waals surface area contributed by atoms with Crippen LogP contribution >= 0.6 is 0 Å². The number of anilines is 1. The van der Waals surface area contributed by atoms with E-state index in [0.717, 1.165) is 11.1 Å². The van der Waals surface area contributed by atoms with E-state index in [4.69, 9.17) is 4.74 Å². The second-order valence-electron chi connectivity index (χ2n) is 6.57. The van der Waals surface area contributed by atoms with E-state index < -0.39 is 5.60 Å². The van der Waals surface area contributed by atoms with E-state index >= 15 is 0 Å². The molecule has 128 valence electrons. The van der Waals surface area contributed by atoms with Gasteiger partial charge in [0.1, 0.15) is 11.4 Å². The molecule has 4 rings (SSSR count). The van der Waals surface area contributed by atoms with Gasteiger partial charge in [0.2, 0.25) is 0 Å². The molecule has 2 aliphatic heterocycles. The number of benzene rings is 1. The van der Waals surface area contributed by atoms with E-state index in [1.807, 2.05) is 31.2 Å². The largest absolute Gasteiger partial charge is 0.450 e. The molecular formula is C19H19N3O3. The van der Waals surface area contributed by atoms with Crippen molar-refractivity contribution in [3.63, 3.8) is 0 Å². The van der Waals surface area contributed by atoms with Crippen molar-refractivity contribution >= 4 is 17.8 Å². The number of nitrogens with one attached hydrogen (secondary N) is 1. The maximum absolute atomic E-state index is 12.4. The molecule has 1 aromatic heterocycles. The summed E-state index contributed by atoms with van der Waals surface area (Å²) in [6.07, 6.45) is 2.92. The first-order valence-electron chi connectivity index (χ1n) is 8.39. The number of ether oxygens (including phenoxy) is 1. The third-order valence-electron chi connectivity index (χ3n) is 4.93. The molecule has 2 aliphatic rings. The third kappa shape index (κ3) is 2.73. The predicted molar refractivity (Wildman–Crippen MR) is 92.3 cm³/mol. The Morgan fingerprint density at radius 3 is 2.68 bits per heavy atom. The zero-order chi connectivity index (χ0) is 17.4. The fraction of sp³-hybridized carbons (Fsp3) is 0.316. The van der Waals surface area contributed by atoms with E-state index in [-0.39, 0.29) is 12.0 Å². The average molecular weight is 337 g/mol. The molecule has 1 saturated heterocycles.